The summed E-state index contributed by atoms with van der Waals surface area (Å²) in [7, 11) is 1.77. The van der Waals surface area contributed by atoms with Crippen LogP contribution in [0.3, 0.4) is 0 Å². The molecule has 1 aromatic heterocycles. The van der Waals surface area contributed by atoms with E-state index in [0.717, 1.165) is 5.69 Å². The SMILES string of the molecule is CNc1ccc(C(=O)NC(C)CC(N)=O)nc1. The summed E-state index contributed by atoms with van der Waals surface area (Å²) in [5, 5.41) is 5.55. The monoisotopic (exact) mass is 236 g/mol. The first kappa shape index (κ1) is 13.0. The molecule has 0 saturated heterocycles. The minimum absolute atomic E-state index is 0.111. The molecule has 2 amide bonds. The summed E-state index contributed by atoms with van der Waals surface area (Å²) in [6, 6.07) is 3.06. The Hall–Kier alpha value is -2.11. The van der Waals surface area contributed by atoms with Gasteiger partial charge in [-0.2, -0.15) is 0 Å². The number of anilines is 1. The van der Waals surface area contributed by atoms with E-state index in [-0.39, 0.29) is 18.4 Å². The third kappa shape index (κ3) is 4.10. The van der Waals surface area contributed by atoms with E-state index >= 15 is 0 Å². The molecule has 6 nitrogen and oxygen atoms in total. The summed E-state index contributed by atoms with van der Waals surface area (Å²) < 4.78 is 0. The highest BCUT2D eigenvalue weighted by atomic mass is 16.2. The van der Waals surface area contributed by atoms with Gasteiger partial charge in [0.15, 0.2) is 0 Å². The van der Waals surface area contributed by atoms with Crippen LogP contribution >= 0.6 is 0 Å². The number of hydrogen-bond acceptors (Lipinski definition) is 4. The zero-order chi connectivity index (χ0) is 12.8. The molecule has 0 aliphatic carbocycles. The van der Waals surface area contributed by atoms with Crippen LogP contribution in [-0.4, -0.2) is 29.9 Å². The maximum Gasteiger partial charge on any atom is 0.270 e. The fourth-order valence-corrected chi connectivity index (χ4v) is 1.33. The van der Waals surface area contributed by atoms with Gasteiger partial charge < -0.3 is 16.4 Å². The highest BCUT2D eigenvalue weighted by molar-refractivity contribution is 5.93. The number of hydrogen-bond donors (Lipinski definition) is 3. The predicted octanol–water partition coefficient (Wildman–Crippen LogP) is 0.117. The Labute approximate surface area is 99.6 Å². The first-order chi connectivity index (χ1) is 8.02. The molecule has 0 aliphatic rings. The normalized spacial score (nSPS) is 11.6. The van der Waals surface area contributed by atoms with Gasteiger partial charge in [-0.05, 0) is 19.1 Å². The fourth-order valence-electron chi connectivity index (χ4n) is 1.33. The summed E-state index contributed by atoms with van der Waals surface area (Å²) in [6.07, 6.45) is 1.67. The van der Waals surface area contributed by atoms with Gasteiger partial charge in [-0.25, -0.2) is 4.98 Å². The van der Waals surface area contributed by atoms with Gasteiger partial charge in [-0.1, -0.05) is 0 Å². The largest absolute Gasteiger partial charge is 0.387 e. The molecule has 1 atom stereocenters. The molecule has 1 aromatic rings. The summed E-state index contributed by atoms with van der Waals surface area (Å²) >= 11 is 0. The number of nitrogens with zero attached hydrogens (tertiary/aromatic N) is 1. The zero-order valence-corrected chi connectivity index (χ0v) is 9.86. The van der Waals surface area contributed by atoms with Crippen LogP contribution in [0.25, 0.3) is 0 Å². The first-order valence-electron chi connectivity index (χ1n) is 5.26. The van der Waals surface area contributed by atoms with Crippen molar-refractivity contribution in [3.63, 3.8) is 0 Å². The second-order valence-corrected chi connectivity index (χ2v) is 3.73. The zero-order valence-electron chi connectivity index (χ0n) is 9.86. The summed E-state index contributed by atoms with van der Waals surface area (Å²) in [4.78, 5) is 26.3. The molecule has 1 rings (SSSR count). The maximum atomic E-state index is 11.7. The van der Waals surface area contributed by atoms with Crippen molar-refractivity contribution in [2.45, 2.75) is 19.4 Å². The van der Waals surface area contributed by atoms with Crippen molar-refractivity contribution < 1.29 is 9.59 Å². The Morgan fingerprint density at radius 3 is 2.65 bits per heavy atom. The standard InChI is InChI=1S/C11H16N4O2/c1-7(5-10(12)16)15-11(17)9-4-3-8(13-2)6-14-9/h3-4,6-7,13H,5H2,1-2H3,(H2,12,16)(H,15,17). The fraction of sp³-hybridized carbons (Fsp3) is 0.364. The highest BCUT2D eigenvalue weighted by Gasteiger charge is 2.12. The molecule has 6 heteroatoms. The average Bonchev–Trinajstić information content (AvgIpc) is 2.28. The second kappa shape index (κ2) is 5.83. The molecule has 0 aliphatic heterocycles. The molecule has 0 fully saturated rings. The number of aromatic nitrogens is 1. The number of primary amides is 1. The maximum absolute atomic E-state index is 11.7. The number of carbonyl (C=O) groups is 2. The van der Waals surface area contributed by atoms with E-state index in [4.69, 9.17) is 5.73 Å². The lowest BCUT2D eigenvalue weighted by Crippen LogP contribution is -2.36. The van der Waals surface area contributed by atoms with Gasteiger partial charge in [0.2, 0.25) is 5.91 Å². The second-order valence-electron chi connectivity index (χ2n) is 3.73. The minimum Gasteiger partial charge on any atom is -0.387 e. The van der Waals surface area contributed by atoms with Crippen molar-refractivity contribution in [2.75, 3.05) is 12.4 Å². The predicted molar refractivity (Wildman–Crippen MR) is 64.5 cm³/mol. The Morgan fingerprint density at radius 2 is 2.18 bits per heavy atom. The number of pyridine rings is 1. The molecule has 0 bridgehead atoms. The van der Waals surface area contributed by atoms with Crippen LogP contribution in [0, 0.1) is 0 Å². The number of nitrogens with two attached hydrogens (primary N) is 1. The van der Waals surface area contributed by atoms with Crippen LogP contribution in [0.4, 0.5) is 5.69 Å². The van der Waals surface area contributed by atoms with Gasteiger partial charge in [-0.15, -0.1) is 0 Å². The van der Waals surface area contributed by atoms with Crippen LogP contribution in [0.1, 0.15) is 23.8 Å². The molecule has 0 aromatic carbocycles. The summed E-state index contributed by atoms with van der Waals surface area (Å²) in [6.45, 7) is 1.71. The third-order valence-corrected chi connectivity index (χ3v) is 2.17. The van der Waals surface area contributed by atoms with Gasteiger partial charge in [0, 0.05) is 19.5 Å². The lowest BCUT2D eigenvalue weighted by Gasteiger charge is -2.11. The number of nitrogens with one attached hydrogen (secondary N) is 2. The van der Waals surface area contributed by atoms with E-state index in [1.807, 2.05) is 0 Å². The van der Waals surface area contributed by atoms with Gasteiger partial charge in [0.25, 0.3) is 5.91 Å². The number of carbonyl (C=O) groups excluding carboxylic acids is 2. The Balaban J connectivity index is 2.60. The van der Waals surface area contributed by atoms with E-state index in [0.29, 0.717) is 5.69 Å². The van der Waals surface area contributed by atoms with Gasteiger partial charge >= 0.3 is 0 Å². The van der Waals surface area contributed by atoms with Crippen molar-refractivity contribution in [1.82, 2.24) is 10.3 Å². The molecule has 1 unspecified atom stereocenters. The van der Waals surface area contributed by atoms with Crippen molar-refractivity contribution >= 4 is 17.5 Å². The molecule has 0 radical (unpaired) electrons. The lowest BCUT2D eigenvalue weighted by atomic mass is 10.2. The summed E-state index contributed by atoms with van der Waals surface area (Å²) in [5.74, 6) is -0.766. The Morgan fingerprint density at radius 1 is 1.47 bits per heavy atom. The molecule has 4 N–H and O–H groups in total. The molecule has 17 heavy (non-hydrogen) atoms. The van der Waals surface area contributed by atoms with Crippen LogP contribution in [-0.2, 0) is 4.79 Å². The minimum atomic E-state index is -0.448. The van der Waals surface area contributed by atoms with E-state index in [2.05, 4.69) is 15.6 Å². The summed E-state index contributed by atoms with van der Waals surface area (Å²) in [5.41, 5.74) is 6.16. The lowest BCUT2D eigenvalue weighted by molar-refractivity contribution is -0.118. The highest BCUT2D eigenvalue weighted by Crippen LogP contribution is 2.05. The van der Waals surface area contributed by atoms with Crippen molar-refractivity contribution in [1.29, 1.82) is 0 Å². The van der Waals surface area contributed by atoms with E-state index in [1.54, 1.807) is 32.3 Å². The molecule has 92 valence electrons. The van der Waals surface area contributed by atoms with E-state index in [1.165, 1.54) is 0 Å². The van der Waals surface area contributed by atoms with E-state index in [9.17, 15) is 9.59 Å². The Bertz CT molecular complexity index is 402. The average molecular weight is 236 g/mol. The Kier molecular flexibility index (Phi) is 4.45. The third-order valence-electron chi connectivity index (χ3n) is 2.17. The number of amides is 2. The van der Waals surface area contributed by atoms with Crippen LogP contribution in [0.5, 0.6) is 0 Å². The van der Waals surface area contributed by atoms with Gasteiger partial charge in [0.05, 0.1) is 11.9 Å². The topological polar surface area (TPSA) is 97.1 Å². The number of rotatable bonds is 5. The quantitative estimate of drug-likeness (QED) is 0.676. The van der Waals surface area contributed by atoms with Gasteiger partial charge in [0.1, 0.15) is 5.69 Å². The van der Waals surface area contributed by atoms with E-state index < -0.39 is 5.91 Å². The van der Waals surface area contributed by atoms with Crippen molar-refractivity contribution in [3.8, 4) is 0 Å². The smallest absolute Gasteiger partial charge is 0.270 e. The molecular formula is C11H16N4O2. The van der Waals surface area contributed by atoms with Gasteiger partial charge in [-0.3, -0.25) is 9.59 Å². The molecule has 0 saturated carbocycles. The molecule has 0 spiro atoms. The molecular weight excluding hydrogens is 220 g/mol. The van der Waals surface area contributed by atoms with Crippen molar-refractivity contribution in [2.24, 2.45) is 5.73 Å². The molecule has 1 heterocycles. The van der Waals surface area contributed by atoms with Crippen molar-refractivity contribution in [3.05, 3.63) is 24.0 Å². The van der Waals surface area contributed by atoms with Crippen LogP contribution in [0.2, 0.25) is 0 Å². The first-order valence-corrected chi connectivity index (χ1v) is 5.26. The van der Waals surface area contributed by atoms with Crippen LogP contribution < -0.4 is 16.4 Å². The van der Waals surface area contributed by atoms with Crippen LogP contribution in [0.15, 0.2) is 18.3 Å².